The number of aromatic nitrogens is 3. The molecule has 0 aliphatic carbocycles. The molecule has 0 bridgehead atoms. The van der Waals surface area contributed by atoms with Crippen molar-refractivity contribution < 1.29 is 0 Å². The molecule has 2 rings (SSSR count). The van der Waals surface area contributed by atoms with Crippen molar-refractivity contribution >= 4 is 11.9 Å². The Labute approximate surface area is 120 Å². The average molecular weight is 279 g/mol. The Morgan fingerprint density at radius 3 is 2.75 bits per heavy atom. The van der Waals surface area contributed by atoms with Gasteiger partial charge in [-0.15, -0.1) is 0 Å². The van der Waals surface area contributed by atoms with Gasteiger partial charge in [0.25, 0.3) is 0 Å². The van der Waals surface area contributed by atoms with Crippen molar-refractivity contribution in [2.24, 2.45) is 5.73 Å². The number of hydrogen-bond acceptors (Lipinski definition) is 7. The molecule has 1 aromatic rings. The number of rotatable bonds is 5. The van der Waals surface area contributed by atoms with Gasteiger partial charge in [-0.2, -0.15) is 15.0 Å². The number of nitrogen functional groups attached to an aromatic ring is 1. The van der Waals surface area contributed by atoms with Crippen LogP contribution in [0.3, 0.4) is 0 Å². The van der Waals surface area contributed by atoms with E-state index in [0.717, 1.165) is 31.9 Å². The van der Waals surface area contributed by atoms with E-state index in [-0.39, 0.29) is 5.95 Å². The van der Waals surface area contributed by atoms with Crippen LogP contribution in [-0.2, 0) is 6.54 Å². The highest BCUT2D eigenvalue weighted by Gasteiger charge is 2.23. The highest BCUT2D eigenvalue weighted by molar-refractivity contribution is 5.32. The summed E-state index contributed by atoms with van der Waals surface area (Å²) in [7, 11) is 3.80. The van der Waals surface area contributed by atoms with Crippen LogP contribution in [0.5, 0.6) is 0 Å². The summed E-state index contributed by atoms with van der Waals surface area (Å²) in [5.74, 6) is 1.64. The molecule has 0 radical (unpaired) electrons. The molecule has 2 heterocycles. The summed E-state index contributed by atoms with van der Waals surface area (Å²) in [6.07, 6.45) is 4.74. The molecular weight excluding hydrogens is 254 g/mol. The van der Waals surface area contributed by atoms with Crippen molar-refractivity contribution in [2.75, 3.05) is 37.8 Å². The molecule has 1 saturated heterocycles. The van der Waals surface area contributed by atoms with Crippen molar-refractivity contribution in [1.29, 1.82) is 0 Å². The van der Waals surface area contributed by atoms with E-state index in [1.807, 2.05) is 19.0 Å². The SMILES string of the molecule is CN(C)c1nc(N)nc(CN2CCCCC2CCN)n1. The molecule has 0 spiro atoms. The monoisotopic (exact) mass is 279 g/mol. The van der Waals surface area contributed by atoms with Gasteiger partial charge in [0.2, 0.25) is 11.9 Å². The second kappa shape index (κ2) is 6.81. The molecule has 1 atom stereocenters. The van der Waals surface area contributed by atoms with Crippen LogP contribution in [0.15, 0.2) is 0 Å². The van der Waals surface area contributed by atoms with E-state index >= 15 is 0 Å². The Morgan fingerprint density at radius 1 is 1.25 bits per heavy atom. The highest BCUT2D eigenvalue weighted by Crippen LogP contribution is 2.21. The predicted molar refractivity (Wildman–Crippen MR) is 80.3 cm³/mol. The van der Waals surface area contributed by atoms with Gasteiger partial charge >= 0.3 is 0 Å². The smallest absolute Gasteiger partial charge is 0.229 e. The lowest BCUT2D eigenvalue weighted by Gasteiger charge is -2.35. The zero-order valence-corrected chi connectivity index (χ0v) is 12.4. The van der Waals surface area contributed by atoms with Gasteiger partial charge in [-0.05, 0) is 32.4 Å². The molecule has 1 unspecified atom stereocenters. The van der Waals surface area contributed by atoms with Crippen LogP contribution in [0.2, 0.25) is 0 Å². The van der Waals surface area contributed by atoms with E-state index < -0.39 is 0 Å². The summed E-state index contributed by atoms with van der Waals surface area (Å²) in [5, 5.41) is 0. The third kappa shape index (κ3) is 3.77. The van der Waals surface area contributed by atoms with E-state index in [1.165, 1.54) is 19.3 Å². The predicted octanol–water partition coefficient (Wildman–Crippen LogP) is 0.223. The Balaban J connectivity index is 2.11. The molecule has 0 saturated carbocycles. The fourth-order valence-corrected chi connectivity index (χ4v) is 2.66. The van der Waals surface area contributed by atoms with Crippen LogP contribution in [0.4, 0.5) is 11.9 Å². The Bertz CT molecular complexity index is 433. The number of likely N-dealkylation sites (tertiary alicyclic amines) is 1. The molecule has 0 amide bonds. The topological polar surface area (TPSA) is 97.2 Å². The van der Waals surface area contributed by atoms with Crippen LogP contribution in [-0.4, -0.2) is 53.1 Å². The van der Waals surface area contributed by atoms with Crippen molar-refractivity contribution in [3.63, 3.8) is 0 Å². The summed E-state index contributed by atoms with van der Waals surface area (Å²) >= 11 is 0. The van der Waals surface area contributed by atoms with Crippen LogP contribution in [0.25, 0.3) is 0 Å². The van der Waals surface area contributed by atoms with Gasteiger partial charge in [-0.25, -0.2) is 0 Å². The second-order valence-electron chi connectivity index (χ2n) is 5.50. The lowest BCUT2D eigenvalue weighted by Crippen LogP contribution is -2.40. The van der Waals surface area contributed by atoms with Gasteiger partial charge in [0.1, 0.15) is 5.82 Å². The first-order valence-electron chi connectivity index (χ1n) is 7.22. The molecule has 7 nitrogen and oxygen atoms in total. The van der Waals surface area contributed by atoms with Gasteiger partial charge in [-0.3, -0.25) is 4.90 Å². The third-order valence-electron chi connectivity index (χ3n) is 3.68. The fraction of sp³-hybridized carbons (Fsp3) is 0.769. The summed E-state index contributed by atoms with van der Waals surface area (Å²) in [6, 6.07) is 0.537. The Morgan fingerprint density at radius 2 is 2.05 bits per heavy atom. The normalized spacial score (nSPS) is 20.1. The van der Waals surface area contributed by atoms with Gasteiger partial charge in [0.15, 0.2) is 0 Å². The third-order valence-corrected chi connectivity index (χ3v) is 3.68. The van der Waals surface area contributed by atoms with Crippen LogP contribution < -0.4 is 16.4 Å². The number of hydrogen-bond donors (Lipinski definition) is 2. The maximum atomic E-state index is 5.77. The number of nitrogens with zero attached hydrogens (tertiary/aromatic N) is 5. The molecule has 1 aliphatic rings. The number of nitrogens with two attached hydrogens (primary N) is 2. The van der Waals surface area contributed by atoms with Crippen molar-refractivity contribution in [1.82, 2.24) is 19.9 Å². The molecule has 1 aromatic heterocycles. The Hall–Kier alpha value is -1.47. The fourth-order valence-electron chi connectivity index (χ4n) is 2.66. The Kier molecular flexibility index (Phi) is 5.08. The summed E-state index contributed by atoms with van der Waals surface area (Å²) in [4.78, 5) is 17.1. The first-order valence-corrected chi connectivity index (χ1v) is 7.22. The van der Waals surface area contributed by atoms with E-state index in [4.69, 9.17) is 11.5 Å². The average Bonchev–Trinajstić information content (AvgIpc) is 2.40. The lowest BCUT2D eigenvalue weighted by atomic mass is 9.99. The molecule has 7 heteroatoms. The standard InChI is InChI=1S/C13H25N7/c1-19(2)13-17-11(16-12(15)18-13)9-20-8-4-3-5-10(20)6-7-14/h10H,3-9,14H2,1-2H3,(H2,15,16,17,18). The maximum absolute atomic E-state index is 5.77. The summed E-state index contributed by atoms with van der Waals surface area (Å²) in [6.45, 7) is 2.52. The molecule has 0 aromatic carbocycles. The second-order valence-corrected chi connectivity index (χ2v) is 5.50. The van der Waals surface area contributed by atoms with Crippen molar-refractivity contribution in [3.8, 4) is 0 Å². The highest BCUT2D eigenvalue weighted by atomic mass is 15.3. The minimum absolute atomic E-state index is 0.283. The molecule has 112 valence electrons. The molecular formula is C13H25N7. The van der Waals surface area contributed by atoms with Crippen LogP contribution in [0.1, 0.15) is 31.5 Å². The molecule has 4 N–H and O–H groups in total. The zero-order chi connectivity index (χ0) is 14.5. The van der Waals surface area contributed by atoms with Gasteiger partial charge in [0, 0.05) is 20.1 Å². The molecule has 20 heavy (non-hydrogen) atoms. The maximum Gasteiger partial charge on any atom is 0.229 e. The van der Waals surface area contributed by atoms with E-state index in [2.05, 4.69) is 19.9 Å². The van der Waals surface area contributed by atoms with E-state index in [9.17, 15) is 0 Å². The number of piperidine rings is 1. The zero-order valence-electron chi connectivity index (χ0n) is 12.4. The molecule has 1 fully saturated rings. The number of anilines is 2. The van der Waals surface area contributed by atoms with Gasteiger partial charge < -0.3 is 16.4 Å². The minimum Gasteiger partial charge on any atom is -0.368 e. The minimum atomic E-state index is 0.283. The summed E-state index contributed by atoms with van der Waals surface area (Å²) < 4.78 is 0. The van der Waals surface area contributed by atoms with Gasteiger partial charge in [0.05, 0.1) is 6.54 Å². The molecule has 1 aliphatic heterocycles. The first kappa shape index (κ1) is 14.9. The van der Waals surface area contributed by atoms with Gasteiger partial charge in [-0.1, -0.05) is 6.42 Å². The van der Waals surface area contributed by atoms with Crippen molar-refractivity contribution in [3.05, 3.63) is 5.82 Å². The van der Waals surface area contributed by atoms with E-state index in [1.54, 1.807) is 0 Å². The quantitative estimate of drug-likeness (QED) is 0.796. The van der Waals surface area contributed by atoms with Crippen LogP contribution >= 0.6 is 0 Å². The first-order chi connectivity index (χ1) is 9.60. The summed E-state index contributed by atoms with van der Waals surface area (Å²) in [5.41, 5.74) is 11.5. The van der Waals surface area contributed by atoms with Crippen molar-refractivity contribution in [2.45, 2.75) is 38.3 Å². The largest absolute Gasteiger partial charge is 0.368 e. The van der Waals surface area contributed by atoms with E-state index in [0.29, 0.717) is 12.0 Å². The van der Waals surface area contributed by atoms with Crippen LogP contribution in [0, 0.1) is 0 Å². The lowest BCUT2D eigenvalue weighted by molar-refractivity contribution is 0.130.